The minimum Gasteiger partial charge on any atom is -0.373 e. The minimum atomic E-state index is 0.0592. The lowest BCUT2D eigenvalue weighted by atomic mass is 10.3. The molecule has 100 valence electrons. The highest BCUT2D eigenvalue weighted by Gasteiger charge is 2.02. The Morgan fingerprint density at radius 1 is 1.28 bits per heavy atom. The smallest absolute Gasteiger partial charge is 0.221 e. The van der Waals surface area contributed by atoms with Gasteiger partial charge >= 0.3 is 0 Å². The van der Waals surface area contributed by atoms with Crippen LogP contribution in [0.4, 0.5) is 11.6 Å². The molecule has 0 bridgehead atoms. The number of hydrogen-bond acceptors (Lipinski definition) is 5. The molecule has 0 spiro atoms. The fraction of sp³-hybridized carbons (Fsp3) is 0.583. The second kappa shape index (κ2) is 7.47. The minimum absolute atomic E-state index is 0.0592. The van der Waals surface area contributed by atoms with E-state index < -0.39 is 0 Å². The molecule has 0 atom stereocenters. The van der Waals surface area contributed by atoms with Gasteiger partial charge in [-0.1, -0.05) is 6.92 Å². The molecule has 0 saturated carbocycles. The van der Waals surface area contributed by atoms with E-state index in [1.54, 1.807) is 0 Å². The predicted molar refractivity (Wildman–Crippen MR) is 72.7 cm³/mol. The van der Waals surface area contributed by atoms with Crippen molar-refractivity contribution in [1.29, 1.82) is 0 Å². The van der Waals surface area contributed by atoms with Crippen LogP contribution in [0, 0.1) is 6.92 Å². The van der Waals surface area contributed by atoms with E-state index in [-0.39, 0.29) is 5.91 Å². The second-order valence-corrected chi connectivity index (χ2v) is 3.96. The number of amides is 1. The molecule has 0 aromatic carbocycles. The molecule has 0 aliphatic carbocycles. The van der Waals surface area contributed by atoms with Crippen LogP contribution < -0.4 is 16.0 Å². The van der Waals surface area contributed by atoms with Gasteiger partial charge in [0.1, 0.15) is 17.5 Å². The largest absolute Gasteiger partial charge is 0.373 e. The van der Waals surface area contributed by atoms with Crippen LogP contribution in [-0.2, 0) is 4.79 Å². The SMILES string of the molecule is CCCNC(=O)CCNc1cc(NC)nc(C)n1. The number of hydrogen-bond donors (Lipinski definition) is 3. The number of rotatable bonds is 7. The van der Waals surface area contributed by atoms with Gasteiger partial charge in [0.2, 0.25) is 5.91 Å². The molecular weight excluding hydrogens is 230 g/mol. The van der Waals surface area contributed by atoms with Crippen LogP contribution in [0.25, 0.3) is 0 Å². The summed E-state index contributed by atoms with van der Waals surface area (Å²) in [5.41, 5.74) is 0. The van der Waals surface area contributed by atoms with Gasteiger partial charge in [-0.15, -0.1) is 0 Å². The molecule has 0 aliphatic rings. The Morgan fingerprint density at radius 2 is 2.00 bits per heavy atom. The average Bonchev–Trinajstić information content (AvgIpc) is 2.35. The Morgan fingerprint density at radius 3 is 2.67 bits per heavy atom. The third-order valence-corrected chi connectivity index (χ3v) is 2.32. The highest BCUT2D eigenvalue weighted by molar-refractivity contribution is 5.76. The van der Waals surface area contributed by atoms with Gasteiger partial charge in [-0.2, -0.15) is 0 Å². The molecule has 0 saturated heterocycles. The van der Waals surface area contributed by atoms with Crippen molar-refractivity contribution in [2.45, 2.75) is 26.7 Å². The first kappa shape index (κ1) is 14.2. The van der Waals surface area contributed by atoms with E-state index in [2.05, 4.69) is 25.9 Å². The van der Waals surface area contributed by atoms with Gasteiger partial charge in [-0.25, -0.2) is 9.97 Å². The molecular formula is C12H21N5O. The molecule has 0 fully saturated rings. The average molecular weight is 251 g/mol. The highest BCUT2D eigenvalue weighted by atomic mass is 16.1. The number of nitrogens with zero attached hydrogens (tertiary/aromatic N) is 2. The maximum Gasteiger partial charge on any atom is 0.221 e. The summed E-state index contributed by atoms with van der Waals surface area (Å²) >= 11 is 0. The third-order valence-electron chi connectivity index (χ3n) is 2.32. The first-order valence-corrected chi connectivity index (χ1v) is 6.19. The number of anilines is 2. The standard InChI is InChI=1S/C12H21N5O/c1-4-6-15-12(18)5-7-14-11-8-10(13-3)16-9(2)17-11/h8H,4-7H2,1-3H3,(H,15,18)(H2,13,14,16,17). The quantitative estimate of drug-likeness (QED) is 0.677. The lowest BCUT2D eigenvalue weighted by Crippen LogP contribution is -2.26. The van der Waals surface area contributed by atoms with E-state index in [4.69, 9.17) is 0 Å². The van der Waals surface area contributed by atoms with E-state index in [0.717, 1.165) is 24.6 Å². The number of carbonyl (C=O) groups excluding carboxylic acids is 1. The van der Waals surface area contributed by atoms with Gasteiger partial charge < -0.3 is 16.0 Å². The summed E-state index contributed by atoms with van der Waals surface area (Å²) in [6, 6.07) is 1.82. The molecule has 0 unspecified atom stereocenters. The Hall–Kier alpha value is -1.85. The van der Waals surface area contributed by atoms with E-state index in [9.17, 15) is 4.79 Å². The summed E-state index contributed by atoms with van der Waals surface area (Å²) in [5, 5.41) is 8.91. The van der Waals surface area contributed by atoms with Gasteiger partial charge in [-0.3, -0.25) is 4.79 Å². The monoisotopic (exact) mass is 251 g/mol. The van der Waals surface area contributed by atoms with Gasteiger partial charge in [0, 0.05) is 32.6 Å². The highest BCUT2D eigenvalue weighted by Crippen LogP contribution is 2.09. The zero-order valence-electron chi connectivity index (χ0n) is 11.2. The molecule has 1 amide bonds. The second-order valence-electron chi connectivity index (χ2n) is 3.96. The number of nitrogens with one attached hydrogen (secondary N) is 3. The fourth-order valence-corrected chi connectivity index (χ4v) is 1.44. The first-order valence-electron chi connectivity index (χ1n) is 6.19. The topological polar surface area (TPSA) is 78.9 Å². The summed E-state index contributed by atoms with van der Waals surface area (Å²) in [7, 11) is 1.81. The first-order chi connectivity index (χ1) is 8.65. The van der Waals surface area contributed by atoms with E-state index in [0.29, 0.717) is 18.8 Å². The van der Waals surface area contributed by atoms with E-state index >= 15 is 0 Å². The normalized spacial score (nSPS) is 9.94. The third kappa shape index (κ3) is 4.99. The fourth-order valence-electron chi connectivity index (χ4n) is 1.44. The molecule has 18 heavy (non-hydrogen) atoms. The van der Waals surface area contributed by atoms with Crippen molar-refractivity contribution in [3.63, 3.8) is 0 Å². The van der Waals surface area contributed by atoms with Crippen molar-refractivity contribution in [3.8, 4) is 0 Å². The molecule has 1 aromatic heterocycles. The molecule has 0 aliphatic heterocycles. The van der Waals surface area contributed by atoms with Crippen LogP contribution in [0.1, 0.15) is 25.6 Å². The molecule has 0 radical (unpaired) electrons. The van der Waals surface area contributed by atoms with Gasteiger partial charge in [0.25, 0.3) is 0 Å². The molecule has 1 heterocycles. The van der Waals surface area contributed by atoms with Crippen molar-refractivity contribution in [2.24, 2.45) is 0 Å². The van der Waals surface area contributed by atoms with Crippen LogP contribution in [0.15, 0.2) is 6.07 Å². The number of carbonyl (C=O) groups is 1. The maximum absolute atomic E-state index is 11.4. The molecule has 1 aromatic rings. The molecule has 1 rings (SSSR count). The Labute approximate surface area is 108 Å². The molecule has 6 nitrogen and oxygen atoms in total. The Bertz CT molecular complexity index is 394. The van der Waals surface area contributed by atoms with Crippen LogP contribution in [0.2, 0.25) is 0 Å². The van der Waals surface area contributed by atoms with Crippen molar-refractivity contribution in [3.05, 3.63) is 11.9 Å². The van der Waals surface area contributed by atoms with Crippen LogP contribution in [0.5, 0.6) is 0 Å². The zero-order valence-corrected chi connectivity index (χ0v) is 11.2. The summed E-state index contributed by atoms with van der Waals surface area (Å²) in [5.74, 6) is 2.25. The lowest BCUT2D eigenvalue weighted by Gasteiger charge is -2.08. The van der Waals surface area contributed by atoms with E-state index in [1.807, 2.05) is 27.0 Å². The van der Waals surface area contributed by atoms with Crippen molar-refractivity contribution in [2.75, 3.05) is 30.8 Å². The predicted octanol–water partition coefficient (Wildman–Crippen LogP) is 1.15. The zero-order chi connectivity index (χ0) is 13.4. The van der Waals surface area contributed by atoms with Crippen LogP contribution in [-0.4, -0.2) is 36.0 Å². The van der Waals surface area contributed by atoms with Gasteiger partial charge in [0.05, 0.1) is 0 Å². The summed E-state index contributed by atoms with van der Waals surface area (Å²) in [6.45, 7) is 5.16. The van der Waals surface area contributed by atoms with Crippen LogP contribution >= 0.6 is 0 Å². The summed E-state index contributed by atoms with van der Waals surface area (Å²) in [4.78, 5) is 19.8. The Balaban J connectivity index is 2.39. The lowest BCUT2D eigenvalue weighted by molar-refractivity contribution is -0.120. The van der Waals surface area contributed by atoms with Crippen molar-refractivity contribution >= 4 is 17.5 Å². The summed E-state index contributed by atoms with van der Waals surface area (Å²) < 4.78 is 0. The number of aromatic nitrogens is 2. The molecule has 6 heteroatoms. The summed E-state index contributed by atoms with van der Waals surface area (Å²) in [6.07, 6.45) is 1.40. The Kier molecular flexibility index (Phi) is 5.90. The van der Waals surface area contributed by atoms with Crippen LogP contribution in [0.3, 0.4) is 0 Å². The van der Waals surface area contributed by atoms with E-state index in [1.165, 1.54) is 0 Å². The van der Waals surface area contributed by atoms with Crippen molar-refractivity contribution < 1.29 is 4.79 Å². The molecule has 3 N–H and O–H groups in total. The maximum atomic E-state index is 11.4. The van der Waals surface area contributed by atoms with Gasteiger partial charge in [-0.05, 0) is 13.3 Å². The van der Waals surface area contributed by atoms with Crippen molar-refractivity contribution in [1.82, 2.24) is 15.3 Å². The number of aryl methyl sites for hydroxylation is 1. The van der Waals surface area contributed by atoms with Gasteiger partial charge in [0.15, 0.2) is 0 Å².